The van der Waals surface area contributed by atoms with Crippen molar-refractivity contribution in [1.82, 2.24) is 0 Å². The number of ether oxygens (including phenoxy) is 1. The van der Waals surface area contributed by atoms with Crippen LogP contribution in [0, 0.1) is 0 Å². The van der Waals surface area contributed by atoms with E-state index in [1.165, 1.54) is 57.8 Å². The molecule has 2 N–H and O–H groups in total. The highest BCUT2D eigenvalue weighted by Gasteiger charge is 2.03. The van der Waals surface area contributed by atoms with E-state index in [4.69, 9.17) is 9.84 Å². The number of hydrogen-bond acceptors (Lipinski definition) is 3. The SMILES string of the molecule is CCCCCCCCCCCCOCC(O)CCCCO. The van der Waals surface area contributed by atoms with Crippen LogP contribution in [0.25, 0.3) is 0 Å². The fourth-order valence-corrected chi connectivity index (χ4v) is 2.49. The van der Waals surface area contributed by atoms with Crippen LogP contribution >= 0.6 is 0 Å². The molecule has 0 spiro atoms. The molecule has 0 bridgehead atoms. The monoisotopic (exact) mass is 302 g/mol. The Labute approximate surface area is 132 Å². The molecular formula is C18H38O3. The maximum atomic E-state index is 9.63. The summed E-state index contributed by atoms with van der Waals surface area (Å²) in [5.74, 6) is 0. The lowest BCUT2D eigenvalue weighted by molar-refractivity contribution is 0.0293. The zero-order valence-corrected chi connectivity index (χ0v) is 14.2. The van der Waals surface area contributed by atoms with Crippen molar-refractivity contribution in [2.75, 3.05) is 19.8 Å². The fraction of sp³-hybridized carbons (Fsp3) is 1.00. The summed E-state index contributed by atoms with van der Waals surface area (Å²) in [5.41, 5.74) is 0. The van der Waals surface area contributed by atoms with E-state index in [1.807, 2.05) is 0 Å². The molecule has 0 aromatic heterocycles. The molecule has 0 radical (unpaired) electrons. The van der Waals surface area contributed by atoms with Gasteiger partial charge in [-0.25, -0.2) is 0 Å². The van der Waals surface area contributed by atoms with Crippen LogP contribution in [-0.2, 0) is 4.74 Å². The number of aliphatic hydroxyl groups is 2. The highest BCUT2D eigenvalue weighted by atomic mass is 16.5. The molecule has 3 nitrogen and oxygen atoms in total. The van der Waals surface area contributed by atoms with Gasteiger partial charge in [0.25, 0.3) is 0 Å². The van der Waals surface area contributed by atoms with Crippen molar-refractivity contribution >= 4 is 0 Å². The fourth-order valence-electron chi connectivity index (χ4n) is 2.49. The Kier molecular flexibility index (Phi) is 17.8. The van der Waals surface area contributed by atoms with Gasteiger partial charge >= 0.3 is 0 Å². The summed E-state index contributed by atoms with van der Waals surface area (Å²) in [6.45, 7) is 3.69. The van der Waals surface area contributed by atoms with Crippen LogP contribution in [0.2, 0.25) is 0 Å². The van der Waals surface area contributed by atoms with Gasteiger partial charge in [-0.1, -0.05) is 64.7 Å². The molecule has 0 rings (SSSR count). The second-order valence-electron chi connectivity index (χ2n) is 6.13. The molecule has 0 aliphatic heterocycles. The van der Waals surface area contributed by atoms with Crippen LogP contribution < -0.4 is 0 Å². The largest absolute Gasteiger partial charge is 0.396 e. The highest BCUT2D eigenvalue weighted by Crippen LogP contribution is 2.10. The summed E-state index contributed by atoms with van der Waals surface area (Å²) in [6.07, 6.45) is 15.4. The van der Waals surface area contributed by atoms with Crippen molar-refractivity contribution < 1.29 is 14.9 Å². The molecule has 3 heteroatoms. The molecule has 0 saturated heterocycles. The lowest BCUT2D eigenvalue weighted by Crippen LogP contribution is -2.15. The second-order valence-corrected chi connectivity index (χ2v) is 6.13. The minimum Gasteiger partial charge on any atom is -0.396 e. The minimum atomic E-state index is -0.361. The van der Waals surface area contributed by atoms with Crippen LogP contribution in [0.5, 0.6) is 0 Å². The molecule has 0 saturated carbocycles. The Bertz CT molecular complexity index is 185. The Morgan fingerprint density at radius 1 is 0.762 bits per heavy atom. The van der Waals surface area contributed by atoms with Gasteiger partial charge in [-0.2, -0.15) is 0 Å². The molecule has 21 heavy (non-hydrogen) atoms. The quantitative estimate of drug-likeness (QED) is 0.390. The van der Waals surface area contributed by atoms with Crippen molar-refractivity contribution in [2.24, 2.45) is 0 Å². The zero-order chi connectivity index (χ0) is 15.6. The topological polar surface area (TPSA) is 49.7 Å². The number of aliphatic hydroxyl groups excluding tert-OH is 2. The summed E-state index contributed by atoms with van der Waals surface area (Å²) in [4.78, 5) is 0. The predicted molar refractivity (Wildman–Crippen MR) is 89.6 cm³/mol. The van der Waals surface area contributed by atoms with E-state index in [1.54, 1.807) is 0 Å². The highest BCUT2D eigenvalue weighted by molar-refractivity contribution is 4.54. The van der Waals surface area contributed by atoms with E-state index in [0.717, 1.165) is 32.3 Å². The number of hydrogen-bond donors (Lipinski definition) is 2. The molecule has 0 heterocycles. The Morgan fingerprint density at radius 2 is 1.33 bits per heavy atom. The molecule has 128 valence electrons. The second kappa shape index (κ2) is 17.9. The first kappa shape index (κ1) is 20.9. The standard InChI is InChI=1S/C18H38O3/c1-2-3-4-5-6-7-8-9-10-13-16-21-17-18(20)14-11-12-15-19/h18-20H,2-17H2,1H3. The van der Waals surface area contributed by atoms with E-state index >= 15 is 0 Å². The summed E-state index contributed by atoms with van der Waals surface area (Å²) in [7, 11) is 0. The summed E-state index contributed by atoms with van der Waals surface area (Å²) in [5, 5.41) is 18.3. The third kappa shape index (κ3) is 17.8. The lowest BCUT2D eigenvalue weighted by atomic mass is 10.1. The van der Waals surface area contributed by atoms with Crippen molar-refractivity contribution in [1.29, 1.82) is 0 Å². The smallest absolute Gasteiger partial charge is 0.0773 e. The Morgan fingerprint density at radius 3 is 1.90 bits per heavy atom. The van der Waals surface area contributed by atoms with E-state index in [-0.39, 0.29) is 12.7 Å². The predicted octanol–water partition coefficient (Wildman–Crippen LogP) is 4.45. The molecule has 0 aromatic rings. The van der Waals surface area contributed by atoms with Gasteiger partial charge in [-0.3, -0.25) is 0 Å². The first-order valence-electron chi connectivity index (χ1n) is 9.18. The van der Waals surface area contributed by atoms with E-state index in [0.29, 0.717) is 6.61 Å². The minimum absolute atomic E-state index is 0.214. The van der Waals surface area contributed by atoms with Crippen LogP contribution in [0.1, 0.15) is 90.4 Å². The van der Waals surface area contributed by atoms with Crippen molar-refractivity contribution in [3.63, 3.8) is 0 Å². The van der Waals surface area contributed by atoms with Gasteiger partial charge in [-0.15, -0.1) is 0 Å². The molecule has 1 atom stereocenters. The normalized spacial score (nSPS) is 12.7. The first-order chi connectivity index (χ1) is 10.3. The molecule has 0 aromatic carbocycles. The third-order valence-electron chi connectivity index (χ3n) is 3.90. The van der Waals surface area contributed by atoms with Crippen LogP contribution in [0.4, 0.5) is 0 Å². The van der Waals surface area contributed by atoms with E-state index < -0.39 is 0 Å². The van der Waals surface area contributed by atoms with Crippen LogP contribution in [0.3, 0.4) is 0 Å². The average molecular weight is 302 g/mol. The summed E-state index contributed by atoms with van der Waals surface area (Å²) >= 11 is 0. The summed E-state index contributed by atoms with van der Waals surface area (Å²) in [6, 6.07) is 0. The Hall–Kier alpha value is -0.120. The number of unbranched alkanes of at least 4 members (excludes halogenated alkanes) is 10. The van der Waals surface area contributed by atoms with Crippen molar-refractivity contribution in [3.8, 4) is 0 Å². The maximum Gasteiger partial charge on any atom is 0.0773 e. The molecular weight excluding hydrogens is 264 g/mol. The molecule has 0 aliphatic rings. The summed E-state index contributed by atoms with van der Waals surface area (Å²) < 4.78 is 5.49. The lowest BCUT2D eigenvalue weighted by Gasteiger charge is -2.10. The van der Waals surface area contributed by atoms with Crippen LogP contribution in [0.15, 0.2) is 0 Å². The average Bonchev–Trinajstić information content (AvgIpc) is 2.48. The van der Waals surface area contributed by atoms with Gasteiger partial charge < -0.3 is 14.9 Å². The van der Waals surface area contributed by atoms with Gasteiger partial charge in [0.15, 0.2) is 0 Å². The molecule has 0 amide bonds. The molecule has 1 unspecified atom stereocenters. The molecule has 0 aliphatic carbocycles. The van der Waals surface area contributed by atoms with Gasteiger partial charge in [0.05, 0.1) is 12.7 Å². The van der Waals surface area contributed by atoms with Gasteiger partial charge in [0, 0.05) is 13.2 Å². The van der Waals surface area contributed by atoms with Gasteiger partial charge in [-0.05, 0) is 25.7 Å². The first-order valence-corrected chi connectivity index (χ1v) is 9.18. The van der Waals surface area contributed by atoms with Gasteiger partial charge in [0.1, 0.15) is 0 Å². The third-order valence-corrected chi connectivity index (χ3v) is 3.90. The zero-order valence-electron chi connectivity index (χ0n) is 14.2. The number of rotatable bonds is 17. The Balaban J connectivity index is 3.05. The van der Waals surface area contributed by atoms with Crippen molar-refractivity contribution in [2.45, 2.75) is 96.5 Å². The van der Waals surface area contributed by atoms with E-state index in [9.17, 15) is 5.11 Å². The van der Waals surface area contributed by atoms with E-state index in [2.05, 4.69) is 6.92 Å². The van der Waals surface area contributed by atoms with Crippen molar-refractivity contribution in [3.05, 3.63) is 0 Å². The van der Waals surface area contributed by atoms with Gasteiger partial charge in [0.2, 0.25) is 0 Å². The molecule has 0 fully saturated rings. The van der Waals surface area contributed by atoms with Crippen LogP contribution in [-0.4, -0.2) is 36.1 Å². The maximum absolute atomic E-state index is 9.63.